The molecule has 210 valence electrons. The number of urea groups is 1. The van der Waals surface area contributed by atoms with Crippen LogP contribution in [0, 0.1) is 5.41 Å². The van der Waals surface area contributed by atoms with Gasteiger partial charge in [0.1, 0.15) is 5.02 Å². The third kappa shape index (κ3) is 7.47. The van der Waals surface area contributed by atoms with Crippen molar-refractivity contribution in [3.8, 4) is 5.88 Å². The molecule has 3 heterocycles. The predicted octanol–water partition coefficient (Wildman–Crippen LogP) is 3.20. The minimum atomic E-state index is -0.774. The summed E-state index contributed by atoms with van der Waals surface area (Å²) in [7, 11) is 0. The fraction of sp³-hybridized carbons (Fsp3) is 0.462. The molecule has 39 heavy (non-hydrogen) atoms. The fourth-order valence-corrected chi connectivity index (χ4v) is 5.55. The lowest BCUT2D eigenvalue weighted by Crippen LogP contribution is -2.73. The van der Waals surface area contributed by atoms with Crippen molar-refractivity contribution in [2.24, 2.45) is 5.41 Å². The third-order valence-electron chi connectivity index (χ3n) is 6.70. The van der Waals surface area contributed by atoms with Crippen molar-refractivity contribution in [2.45, 2.75) is 26.0 Å². The number of carbonyl (C=O) groups excluding carboxylic acids is 3. The van der Waals surface area contributed by atoms with Crippen LogP contribution in [-0.4, -0.2) is 84.3 Å². The average molecular weight is 596 g/mol. The van der Waals surface area contributed by atoms with Gasteiger partial charge in [0.15, 0.2) is 6.10 Å². The van der Waals surface area contributed by atoms with Crippen molar-refractivity contribution in [2.75, 3.05) is 45.5 Å². The Balaban J connectivity index is 1.21. The number of nitrogens with one attached hydrogen (secondary N) is 3. The smallest absolute Gasteiger partial charge is 0.324 e. The summed E-state index contributed by atoms with van der Waals surface area (Å²) in [4.78, 5) is 45.5. The van der Waals surface area contributed by atoms with Gasteiger partial charge in [-0.1, -0.05) is 54.2 Å². The minimum Gasteiger partial charge on any atom is -0.463 e. The monoisotopic (exact) mass is 594 g/mol. The van der Waals surface area contributed by atoms with E-state index in [-0.39, 0.29) is 40.7 Å². The molecule has 3 N–H and O–H groups in total. The number of halogens is 2. The molecule has 4 amide bonds. The standard InChI is InChI=1S/C26H32Cl2N6O4S/c1-3-21(38-23-20(28)10-19(27)12-31-23)22(35)30-11-17-5-4-6-18(9-17)24(36)34-15-26(16-34)13-33(14-26)8-7-29-25(37)32-39-2/h4-6,9-10,12,21H,3,7-8,11,13-16H2,1-2H3,(H,30,35)(H2,29,32,37). The van der Waals surface area contributed by atoms with E-state index in [2.05, 4.69) is 25.2 Å². The van der Waals surface area contributed by atoms with Gasteiger partial charge in [-0.2, -0.15) is 0 Å². The zero-order chi connectivity index (χ0) is 28.0. The van der Waals surface area contributed by atoms with Gasteiger partial charge in [-0.05, 0) is 30.2 Å². The van der Waals surface area contributed by atoms with Gasteiger partial charge < -0.3 is 25.2 Å². The lowest BCUT2D eigenvalue weighted by molar-refractivity contribution is -0.128. The normalized spacial score (nSPS) is 16.6. The van der Waals surface area contributed by atoms with E-state index in [0.717, 1.165) is 38.3 Å². The summed E-state index contributed by atoms with van der Waals surface area (Å²) in [5.41, 5.74) is 1.56. The van der Waals surface area contributed by atoms with Crippen molar-refractivity contribution in [3.05, 3.63) is 57.7 Å². The van der Waals surface area contributed by atoms with Gasteiger partial charge in [-0.25, -0.2) is 9.78 Å². The van der Waals surface area contributed by atoms with E-state index < -0.39 is 6.10 Å². The van der Waals surface area contributed by atoms with Crippen LogP contribution in [0.2, 0.25) is 10.0 Å². The molecule has 1 spiro atoms. The zero-order valence-corrected chi connectivity index (χ0v) is 24.2. The maximum Gasteiger partial charge on any atom is 0.324 e. The molecule has 2 aliphatic heterocycles. The SMILES string of the molecule is CCC(Oc1ncc(Cl)cc1Cl)C(=O)NCc1cccc(C(=O)N2CC3(CN(CCNC(=O)NSC)C3)C2)c1. The number of rotatable bonds is 11. The number of pyridine rings is 1. The molecule has 1 aromatic heterocycles. The minimum absolute atomic E-state index is 0.0131. The molecule has 2 aromatic rings. The van der Waals surface area contributed by atoms with E-state index >= 15 is 0 Å². The first-order chi connectivity index (χ1) is 18.7. The van der Waals surface area contributed by atoms with Gasteiger partial charge in [-0.3, -0.25) is 14.3 Å². The van der Waals surface area contributed by atoms with E-state index in [1.54, 1.807) is 12.3 Å². The van der Waals surface area contributed by atoms with Gasteiger partial charge in [-0.15, -0.1) is 0 Å². The second kappa shape index (κ2) is 13.1. The van der Waals surface area contributed by atoms with E-state index in [9.17, 15) is 14.4 Å². The van der Waals surface area contributed by atoms with Crippen LogP contribution in [-0.2, 0) is 11.3 Å². The highest BCUT2D eigenvalue weighted by molar-refractivity contribution is 7.97. The molecule has 0 bridgehead atoms. The predicted molar refractivity (Wildman–Crippen MR) is 152 cm³/mol. The Kier molecular flexibility index (Phi) is 9.81. The molecular weight excluding hydrogens is 563 g/mol. The molecule has 1 unspecified atom stereocenters. The molecule has 2 fully saturated rings. The summed E-state index contributed by atoms with van der Waals surface area (Å²) in [6, 6.07) is 8.62. The highest BCUT2D eigenvalue weighted by Gasteiger charge is 2.52. The number of carbonyl (C=O) groups is 3. The number of hydrogen-bond acceptors (Lipinski definition) is 7. The lowest BCUT2D eigenvalue weighted by atomic mass is 9.72. The first kappa shape index (κ1) is 29.3. The molecular formula is C26H32Cl2N6O4S. The van der Waals surface area contributed by atoms with Crippen LogP contribution in [0.15, 0.2) is 36.5 Å². The first-order valence-corrected chi connectivity index (χ1v) is 14.6. The summed E-state index contributed by atoms with van der Waals surface area (Å²) in [5.74, 6) is -0.171. The highest BCUT2D eigenvalue weighted by atomic mass is 35.5. The van der Waals surface area contributed by atoms with E-state index in [0.29, 0.717) is 23.6 Å². The Bertz CT molecular complexity index is 1200. The number of ether oxygens (including phenoxy) is 1. The number of benzene rings is 1. The Hall–Kier alpha value is -2.73. The zero-order valence-electron chi connectivity index (χ0n) is 21.8. The molecule has 1 atom stereocenters. The van der Waals surface area contributed by atoms with Gasteiger partial charge >= 0.3 is 6.03 Å². The highest BCUT2D eigenvalue weighted by Crippen LogP contribution is 2.40. The van der Waals surface area contributed by atoms with Crippen molar-refractivity contribution < 1.29 is 19.1 Å². The fourth-order valence-electron chi connectivity index (χ4n) is 4.87. The Morgan fingerprint density at radius 3 is 2.62 bits per heavy atom. The molecule has 0 radical (unpaired) electrons. The van der Waals surface area contributed by atoms with Crippen molar-refractivity contribution in [1.82, 2.24) is 30.1 Å². The van der Waals surface area contributed by atoms with E-state index in [1.165, 1.54) is 24.2 Å². The van der Waals surface area contributed by atoms with Gasteiger partial charge in [0, 0.05) is 69.2 Å². The van der Waals surface area contributed by atoms with E-state index in [4.69, 9.17) is 27.9 Å². The number of hydrogen-bond donors (Lipinski definition) is 3. The first-order valence-electron chi connectivity index (χ1n) is 12.6. The largest absolute Gasteiger partial charge is 0.463 e. The number of amides is 4. The quantitative estimate of drug-likeness (QED) is 0.342. The van der Waals surface area contributed by atoms with Crippen LogP contribution in [0.1, 0.15) is 29.3 Å². The molecule has 2 saturated heterocycles. The molecule has 10 nitrogen and oxygen atoms in total. The number of nitrogens with zero attached hydrogens (tertiary/aromatic N) is 3. The van der Waals surface area contributed by atoms with Gasteiger partial charge in [0.25, 0.3) is 11.8 Å². The van der Waals surface area contributed by atoms with Gasteiger partial charge in [0.05, 0.1) is 5.02 Å². The molecule has 2 aliphatic rings. The van der Waals surface area contributed by atoms with Crippen LogP contribution in [0.5, 0.6) is 5.88 Å². The molecule has 0 aliphatic carbocycles. The summed E-state index contributed by atoms with van der Waals surface area (Å²) in [5, 5.41) is 6.30. The van der Waals surface area contributed by atoms with Crippen molar-refractivity contribution in [1.29, 1.82) is 0 Å². The second-order valence-electron chi connectivity index (χ2n) is 9.81. The Morgan fingerprint density at radius 1 is 1.15 bits per heavy atom. The van der Waals surface area contributed by atoms with E-state index in [1.807, 2.05) is 30.0 Å². The summed E-state index contributed by atoms with van der Waals surface area (Å²) in [6.45, 7) is 6.75. The second-order valence-corrected chi connectivity index (χ2v) is 11.3. The third-order valence-corrected chi connectivity index (χ3v) is 7.56. The average Bonchev–Trinajstić information content (AvgIpc) is 2.87. The van der Waals surface area contributed by atoms with Crippen LogP contribution in [0.4, 0.5) is 4.79 Å². The summed E-state index contributed by atoms with van der Waals surface area (Å²) in [6.07, 6.45) is 2.85. The van der Waals surface area contributed by atoms with Crippen LogP contribution in [0.25, 0.3) is 0 Å². The van der Waals surface area contributed by atoms with Gasteiger partial charge in [0.2, 0.25) is 5.88 Å². The molecule has 13 heteroatoms. The molecule has 0 saturated carbocycles. The maximum atomic E-state index is 13.1. The number of likely N-dealkylation sites (tertiary alicyclic amines) is 2. The van der Waals surface area contributed by atoms with Crippen molar-refractivity contribution in [3.63, 3.8) is 0 Å². The Morgan fingerprint density at radius 2 is 1.92 bits per heavy atom. The van der Waals surface area contributed by atoms with Crippen LogP contribution >= 0.6 is 35.1 Å². The van der Waals surface area contributed by atoms with Crippen molar-refractivity contribution >= 4 is 53.0 Å². The molecule has 1 aromatic carbocycles. The summed E-state index contributed by atoms with van der Waals surface area (Å²) >= 11 is 13.3. The van der Waals surface area contributed by atoms with Crippen LogP contribution < -0.4 is 20.1 Å². The lowest BCUT2D eigenvalue weighted by Gasteiger charge is -2.60. The number of aromatic nitrogens is 1. The van der Waals surface area contributed by atoms with Crippen LogP contribution in [0.3, 0.4) is 0 Å². The Labute approximate surface area is 242 Å². The topological polar surface area (TPSA) is 116 Å². The summed E-state index contributed by atoms with van der Waals surface area (Å²) < 4.78 is 8.33. The molecule has 4 rings (SSSR count). The maximum absolute atomic E-state index is 13.1.